The molecule has 0 saturated carbocycles. The Morgan fingerprint density at radius 2 is 2.10 bits per heavy atom. The number of aromatic nitrogens is 1. The number of pyridine rings is 1. The monoisotopic (exact) mass is 287 g/mol. The largest absolute Gasteiger partial charge is 0.444 e. The van der Waals surface area contributed by atoms with E-state index >= 15 is 0 Å². The number of anilines is 1. The van der Waals surface area contributed by atoms with Gasteiger partial charge >= 0.3 is 6.09 Å². The molecule has 0 bridgehead atoms. The standard InChI is InChI=1S/C13H19F2N3O2/c1-13(2,3)20-12(19)18-10(5-11(14)15)8-4-9(16)7-17-6-8/h4,6-7,10-11H,5,16H2,1-3H3,(H,18,19)/t10-/m1/s1. The van der Waals surface area contributed by atoms with E-state index in [0.29, 0.717) is 11.3 Å². The molecule has 20 heavy (non-hydrogen) atoms. The second-order valence-corrected chi connectivity index (χ2v) is 5.38. The fraction of sp³-hybridized carbons (Fsp3) is 0.538. The van der Waals surface area contributed by atoms with Crippen LogP contribution in [-0.4, -0.2) is 23.1 Å². The number of ether oxygens (including phenoxy) is 1. The minimum absolute atomic E-state index is 0.341. The van der Waals surface area contributed by atoms with Crippen LogP contribution < -0.4 is 11.1 Å². The number of nitrogens with two attached hydrogens (primary N) is 1. The molecule has 1 amide bonds. The quantitative estimate of drug-likeness (QED) is 0.892. The number of carbonyl (C=O) groups excluding carboxylic acids is 1. The molecule has 0 aliphatic rings. The van der Waals surface area contributed by atoms with E-state index in [-0.39, 0.29) is 0 Å². The summed E-state index contributed by atoms with van der Waals surface area (Å²) >= 11 is 0. The second kappa shape index (κ2) is 6.49. The molecular weight excluding hydrogens is 268 g/mol. The van der Waals surface area contributed by atoms with E-state index in [9.17, 15) is 13.6 Å². The Balaban J connectivity index is 2.82. The Labute approximate surface area is 116 Å². The van der Waals surface area contributed by atoms with Gasteiger partial charge in [0.05, 0.1) is 11.7 Å². The Kier molecular flexibility index (Phi) is 5.24. The van der Waals surface area contributed by atoms with Crippen molar-refractivity contribution in [3.8, 4) is 0 Å². The smallest absolute Gasteiger partial charge is 0.408 e. The number of rotatable bonds is 4. The van der Waals surface area contributed by atoms with Crippen molar-refractivity contribution < 1.29 is 18.3 Å². The fourth-order valence-electron chi connectivity index (χ4n) is 1.57. The molecule has 1 aromatic rings. The van der Waals surface area contributed by atoms with Gasteiger partial charge in [-0.3, -0.25) is 4.98 Å². The van der Waals surface area contributed by atoms with E-state index in [2.05, 4.69) is 10.3 Å². The highest BCUT2D eigenvalue weighted by Gasteiger charge is 2.23. The predicted octanol–water partition coefficient (Wildman–Crippen LogP) is 2.88. The maximum atomic E-state index is 12.6. The first-order valence-electron chi connectivity index (χ1n) is 6.15. The molecule has 1 atom stereocenters. The molecule has 0 spiro atoms. The van der Waals surface area contributed by atoms with Gasteiger partial charge in [0.15, 0.2) is 0 Å². The number of alkyl carbamates (subject to hydrolysis) is 1. The zero-order valence-corrected chi connectivity index (χ0v) is 11.7. The highest BCUT2D eigenvalue weighted by atomic mass is 19.3. The van der Waals surface area contributed by atoms with Crippen molar-refractivity contribution in [2.24, 2.45) is 0 Å². The lowest BCUT2D eigenvalue weighted by molar-refractivity contribution is 0.0471. The average molecular weight is 287 g/mol. The van der Waals surface area contributed by atoms with Gasteiger partial charge in [-0.15, -0.1) is 0 Å². The van der Waals surface area contributed by atoms with E-state index in [1.165, 1.54) is 18.5 Å². The van der Waals surface area contributed by atoms with E-state index in [0.717, 1.165) is 0 Å². The van der Waals surface area contributed by atoms with Crippen molar-refractivity contribution in [3.63, 3.8) is 0 Å². The summed E-state index contributed by atoms with van der Waals surface area (Å²) in [5, 5.41) is 2.41. The van der Waals surface area contributed by atoms with E-state index in [1.54, 1.807) is 20.8 Å². The predicted molar refractivity (Wildman–Crippen MR) is 71.4 cm³/mol. The van der Waals surface area contributed by atoms with Crippen LogP contribution in [-0.2, 0) is 4.74 Å². The molecule has 1 aromatic heterocycles. The third-order valence-corrected chi connectivity index (χ3v) is 2.29. The first kappa shape index (κ1) is 16.1. The molecule has 5 nitrogen and oxygen atoms in total. The third-order valence-electron chi connectivity index (χ3n) is 2.29. The lowest BCUT2D eigenvalue weighted by Gasteiger charge is -2.23. The van der Waals surface area contributed by atoms with E-state index in [4.69, 9.17) is 10.5 Å². The van der Waals surface area contributed by atoms with Crippen molar-refractivity contribution in [1.82, 2.24) is 10.3 Å². The number of hydrogen-bond acceptors (Lipinski definition) is 4. The zero-order valence-electron chi connectivity index (χ0n) is 11.7. The van der Waals surface area contributed by atoms with Crippen molar-refractivity contribution in [1.29, 1.82) is 0 Å². The number of alkyl halides is 2. The third kappa shape index (κ3) is 5.81. The van der Waals surface area contributed by atoms with Crippen LogP contribution in [0.4, 0.5) is 19.3 Å². The van der Waals surface area contributed by atoms with Gasteiger partial charge in [0, 0.05) is 18.8 Å². The van der Waals surface area contributed by atoms with Crippen LogP contribution in [0, 0.1) is 0 Å². The van der Waals surface area contributed by atoms with Crippen LogP contribution in [0.15, 0.2) is 18.5 Å². The molecule has 7 heteroatoms. The number of nitrogens with one attached hydrogen (secondary N) is 1. The molecule has 1 heterocycles. The first-order valence-corrected chi connectivity index (χ1v) is 6.15. The van der Waals surface area contributed by atoms with Gasteiger partial charge in [0.1, 0.15) is 5.60 Å². The van der Waals surface area contributed by atoms with E-state index < -0.39 is 30.6 Å². The van der Waals surface area contributed by atoms with Gasteiger partial charge in [-0.2, -0.15) is 0 Å². The molecule has 3 N–H and O–H groups in total. The summed E-state index contributed by atoms with van der Waals surface area (Å²) in [5.74, 6) is 0. The Morgan fingerprint density at radius 1 is 1.45 bits per heavy atom. The maximum absolute atomic E-state index is 12.6. The molecule has 0 unspecified atom stereocenters. The van der Waals surface area contributed by atoms with Crippen molar-refractivity contribution >= 4 is 11.8 Å². The van der Waals surface area contributed by atoms with Crippen molar-refractivity contribution in [3.05, 3.63) is 24.0 Å². The molecule has 0 aliphatic carbocycles. The van der Waals surface area contributed by atoms with Gasteiger partial charge in [0.2, 0.25) is 6.43 Å². The molecule has 0 saturated heterocycles. The summed E-state index contributed by atoms with van der Waals surface area (Å²) in [6.45, 7) is 5.07. The maximum Gasteiger partial charge on any atom is 0.408 e. The van der Waals surface area contributed by atoms with Gasteiger partial charge in [0.25, 0.3) is 0 Å². The lowest BCUT2D eigenvalue weighted by Crippen LogP contribution is -2.35. The number of amides is 1. The number of carbonyl (C=O) groups is 1. The van der Waals surface area contributed by atoms with Crippen LogP contribution >= 0.6 is 0 Å². The number of nitrogen functional groups attached to an aromatic ring is 1. The number of halogens is 2. The van der Waals surface area contributed by atoms with Crippen LogP contribution in [0.5, 0.6) is 0 Å². The normalized spacial score (nSPS) is 13.1. The molecular formula is C13H19F2N3O2. The van der Waals surface area contributed by atoms with Gasteiger partial charge in [-0.05, 0) is 32.4 Å². The molecule has 1 rings (SSSR count). The Morgan fingerprint density at radius 3 is 2.60 bits per heavy atom. The minimum Gasteiger partial charge on any atom is -0.444 e. The molecule has 0 aliphatic heterocycles. The van der Waals surface area contributed by atoms with Crippen LogP contribution in [0.25, 0.3) is 0 Å². The summed E-state index contributed by atoms with van der Waals surface area (Å²) < 4.78 is 30.3. The van der Waals surface area contributed by atoms with Gasteiger partial charge in [-0.25, -0.2) is 13.6 Å². The summed E-state index contributed by atoms with van der Waals surface area (Å²) in [7, 11) is 0. The fourth-order valence-corrected chi connectivity index (χ4v) is 1.57. The SMILES string of the molecule is CC(C)(C)OC(=O)N[C@H](CC(F)F)c1cncc(N)c1. The number of nitrogens with zero attached hydrogens (tertiary/aromatic N) is 1. The zero-order chi connectivity index (χ0) is 15.3. The van der Waals surface area contributed by atoms with Crippen molar-refractivity contribution in [2.75, 3.05) is 5.73 Å². The molecule has 112 valence electrons. The topological polar surface area (TPSA) is 77.2 Å². The Hall–Kier alpha value is -1.92. The summed E-state index contributed by atoms with van der Waals surface area (Å²) in [6, 6.07) is 0.595. The first-order chi connectivity index (χ1) is 9.17. The minimum atomic E-state index is -2.57. The highest BCUT2D eigenvalue weighted by Crippen LogP contribution is 2.22. The summed E-state index contributed by atoms with van der Waals surface area (Å²) in [5.41, 5.74) is 5.62. The Bertz CT molecular complexity index is 461. The van der Waals surface area contributed by atoms with Crippen LogP contribution in [0.1, 0.15) is 38.8 Å². The summed E-state index contributed by atoms with van der Waals surface area (Å²) in [6.07, 6.45) is -1.08. The molecule has 0 fully saturated rings. The summed E-state index contributed by atoms with van der Waals surface area (Å²) in [4.78, 5) is 15.5. The molecule has 0 aromatic carbocycles. The van der Waals surface area contributed by atoms with E-state index in [1.807, 2.05) is 0 Å². The van der Waals surface area contributed by atoms with Crippen LogP contribution in [0.3, 0.4) is 0 Å². The second-order valence-electron chi connectivity index (χ2n) is 5.38. The lowest BCUT2D eigenvalue weighted by atomic mass is 10.1. The van der Waals surface area contributed by atoms with Crippen molar-refractivity contribution in [2.45, 2.75) is 45.3 Å². The highest BCUT2D eigenvalue weighted by molar-refractivity contribution is 5.68. The number of hydrogen-bond donors (Lipinski definition) is 2. The van der Waals surface area contributed by atoms with Crippen LogP contribution in [0.2, 0.25) is 0 Å². The average Bonchev–Trinajstić information content (AvgIpc) is 2.24. The van der Waals surface area contributed by atoms with Gasteiger partial charge < -0.3 is 15.8 Å². The molecule has 0 radical (unpaired) electrons. The van der Waals surface area contributed by atoms with Gasteiger partial charge in [-0.1, -0.05) is 0 Å².